The van der Waals surface area contributed by atoms with Gasteiger partial charge in [0.25, 0.3) is 0 Å². The summed E-state index contributed by atoms with van der Waals surface area (Å²) in [6.07, 6.45) is 1.94. The highest BCUT2D eigenvalue weighted by molar-refractivity contribution is 5.28. The van der Waals surface area contributed by atoms with Crippen LogP contribution in [0.2, 0.25) is 0 Å². The highest BCUT2D eigenvalue weighted by atomic mass is 15.3. The fourth-order valence-electron chi connectivity index (χ4n) is 2.78. The van der Waals surface area contributed by atoms with Gasteiger partial charge in [-0.05, 0) is 44.4 Å². The molecule has 1 unspecified atom stereocenters. The Morgan fingerprint density at radius 2 is 1.89 bits per heavy atom. The van der Waals surface area contributed by atoms with Crippen LogP contribution in [0.1, 0.15) is 41.9 Å². The maximum Gasteiger partial charge on any atom is 0.0783 e. The molecule has 2 aromatic rings. The molecule has 102 valence electrons. The Morgan fingerprint density at radius 3 is 2.42 bits per heavy atom. The van der Waals surface area contributed by atoms with Gasteiger partial charge in [-0.25, -0.2) is 0 Å². The summed E-state index contributed by atoms with van der Waals surface area (Å²) in [6.45, 7) is 7.10. The van der Waals surface area contributed by atoms with Crippen molar-refractivity contribution in [1.29, 1.82) is 0 Å². The van der Waals surface area contributed by atoms with Gasteiger partial charge in [-0.1, -0.05) is 37.3 Å². The SMILES string of the molecule is CCc1c(C)nn(C(CCN)c2ccccc2)c1C. The number of hydrogen-bond donors (Lipinski definition) is 1. The van der Waals surface area contributed by atoms with E-state index >= 15 is 0 Å². The zero-order valence-electron chi connectivity index (χ0n) is 12.1. The fraction of sp³-hybridized carbons (Fsp3) is 0.438. The molecule has 0 bridgehead atoms. The molecule has 1 heterocycles. The van der Waals surface area contributed by atoms with Crippen LogP contribution in [0.4, 0.5) is 0 Å². The topological polar surface area (TPSA) is 43.8 Å². The Kier molecular flexibility index (Phi) is 4.38. The van der Waals surface area contributed by atoms with Crippen LogP contribution < -0.4 is 5.73 Å². The predicted octanol–water partition coefficient (Wildman–Crippen LogP) is 3.00. The van der Waals surface area contributed by atoms with E-state index in [-0.39, 0.29) is 6.04 Å². The molecule has 0 saturated heterocycles. The highest BCUT2D eigenvalue weighted by Crippen LogP contribution is 2.25. The third kappa shape index (κ3) is 2.71. The highest BCUT2D eigenvalue weighted by Gasteiger charge is 2.18. The second-order valence-electron chi connectivity index (χ2n) is 4.95. The van der Waals surface area contributed by atoms with Crippen molar-refractivity contribution in [2.75, 3.05) is 6.54 Å². The summed E-state index contributed by atoms with van der Waals surface area (Å²) < 4.78 is 2.15. The van der Waals surface area contributed by atoms with E-state index < -0.39 is 0 Å². The van der Waals surface area contributed by atoms with Gasteiger partial charge in [0.2, 0.25) is 0 Å². The molecule has 0 amide bonds. The van der Waals surface area contributed by atoms with Crippen molar-refractivity contribution in [3.8, 4) is 0 Å². The number of benzene rings is 1. The zero-order valence-corrected chi connectivity index (χ0v) is 12.1. The van der Waals surface area contributed by atoms with Crippen molar-refractivity contribution < 1.29 is 0 Å². The van der Waals surface area contributed by atoms with E-state index in [0.717, 1.165) is 18.5 Å². The average molecular weight is 257 g/mol. The van der Waals surface area contributed by atoms with Gasteiger partial charge in [0, 0.05) is 5.69 Å². The first-order valence-corrected chi connectivity index (χ1v) is 6.98. The molecule has 0 saturated carbocycles. The van der Waals surface area contributed by atoms with Gasteiger partial charge < -0.3 is 5.73 Å². The van der Waals surface area contributed by atoms with E-state index in [1.165, 1.54) is 16.8 Å². The number of nitrogens with zero attached hydrogens (tertiary/aromatic N) is 2. The molecule has 0 aliphatic heterocycles. The van der Waals surface area contributed by atoms with Gasteiger partial charge in [0.15, 0.2) is 0 Å². The number of hydrogen-bond acceptors (Lipinski definition) is 2. The van der Waals surface area contributed by atoms with E-state index in [1.54, 1.807) is 0 Å². The van der Waals surface area contributed by atoms with Crippen LogP contribution >= 0.6 is 0 Å². The first-order valence-electron chi connectivity index (χ1n) is 6.98. The van der Waals surface area contributed by atoms with Crippen molar-refractivity contribution in [3.05, 3.63) is 52.8 Å². The van der Waals surface area contributed by atoms with E-state index in [1.807, 2.05) is 6.07 Å². The monoisotopic (exact) mass is 257 g/mol. The Bertz CT molecular complexity index is 528. The molecule has 0 radical (unpaired) electrons. The van der Waals surface area contributed by atoms with E-state index in [9.17, 15) is 0 Å². The maximum atomic E-state index is 5.79. The van der Waals surface area contributed by atoms with E-state index in [4.69, 9.17) is 10.8 Å². The maximum absolute atomic E-state index is 5.79. The molecule has 1 aromatic carbocycles. The lowest BCUT2D eigenvalue weighted by atomic mass is 10.0. The molecule has 2 N–H and O–H groups in total. The molecule has 3 heteroatoms. The fourth-order valence-corrected chi connectivity index (χ4v) is 2.78. The van der Waals surface area contributed by atoms with Crippen molar-refractivity contribution in [1.82, 2.24) is 9.78 Å². The van der Waals surface area contributed by atoms with Crippen molar-refractivity contribution >= 4 is 0 Å². The minimum absolute atomic E-state index is 0.241. The summed E-state index contributed by atoms with van der Waals surface area (Å²) >= 11 is 0. The minimum Gasteiger partial charge on any atom is -0.330 e. The van der Waals surface area contributed by atoms with Crippen LogP contribution in [-0.2, 0) is 6.42 Å². The third-order valence-electron chi connectivity index (χ3n) is 3.75. The standard InChI is InChI=1S/C16H23N3/c1-4-15-12(2)18-19(13(15)3)16(10-11-17)14-8-6-5-7-9-14/h5-9,16H,4,10-11,17H2,1-3H3. The smallest absolute Gasteiger partial charge is 0.0783 e. The van der Waals surface area contributed by atoms with Crippen LogP contribution in [0.25, 0.3) is 0 Å². The van der Waals surface area contributed by atoms with Crippen LogP contribution in [0.3, 0.4) is 0 Å². The minimum atomic E-state index is 0.241. The Balaban J connectivity index is 2.45. The largest absolute Gasteiger partial charge is 0.330 e. The van der Waals surface area contributed by atoms with Gasteiger partial charge in [-0.2, -0.15) is 5.10 Å². The van der Waals surface area contributed by atoms with Gasteiger partial charge in [0.1, 0.15) is 0 Å². The number of aryl methyl sites for hydroxylation is 1. The lowest BCUT2D eigenvalue weighted by Crippen LogP contribution is -2.18. The summed E-state index contributed by atoms with van der Waals surface area (Å²) in [6, 6.07) is 10.7. The molecule has 19 heavy (non-hydrogen) atoms. The summed E-state index contributed by atoms with van der Waals surface area (Å²) in [5.41, 5.74) is 10.8. The Morgan fingerprint density at radius 1 is 1.21 bits per heavy atom. The first-order chi connectivity index (χ1) is 9.19. The summed E-state index contributed by atoms with van der Waals surface area (Å²) in [7, 11) is 0. The second-order valence-corrected chi connectivity index (χ2v) is 4.95. The summed E-state index contributed by atoms with van der Waals surface area (Å²) in [5, 5.41) is 4.74. The number of rotatable bonds is 5. The van der Waals surface area contributed by atoms with Gasteiger partial charge in [0.05, 0.1) is 11.7 Å². The molecule has 0 aliphatic rings. The normalized spacial score (nSPS) is 12.6. The van der Waals surface area contributed by atoms with Crippen molar-refractivity contribution in [2.24, 2.45) is 5.73 Å². The average Bonchev–Trinajstić information content (AvgIpc) is 2.71. The van der Waals surface area contributed by atoms with Crippen LogP contribution in [0.15, 0.2) is 30.3 Å². The molecule has 2 rings (SSSR count). The summed E-state index contributed by atoms with van der Waals surface area (Å²) in [5.74, 6) is 0. The van der Waals surface area contributed by atoms with E-state index in [2.05, 4.69) is 49.7 Å². The third-order valence-corrected chi connectivity index (χ3v) is 3.75. The lowest BCUT2D eigenvalue weighted by Gasteiger charge is -2.19. The molecule has 1 aromatic heterocycles. The quantitative estimate of drug-likeness (QED) is 0.895. The zero-order chi connectivity index (χ0) is 13.8. The molecular formula is C16H23N3. The van der Waals surface area contributed by atoms with Crippen LogP contribution in [0, 0.1) is 13.8 Å². The number of aromatic nitrogens is 2. The van der Waals surface area contributed by atoms with Gasteiger partial charge >= 0.3 is 0 Å². The lowest BCUT2D eigenvalue weighted by molar-refractivity contribution is 0.482. The molecule has 0 spiro atoms. The Labute approximate surface area is 115 Å². The summed E-state index contributed by atoms with van der Waals surface area (Å²) in [4.78, 5) is 0. The molecule has 3 nitrogen and oxygen atoms in total. The molecule has 1 atom stereocenters. The molecule has 0 aliphatic carbocycles. The van der Waals surface area contributed by atoms with E-state index in [0.29, 0.717) is 6.54 Å². The Hall–Kier alpha value is -1.61. The van der Waals surface area contributed by atoms with Crippen LogP contribution in [-0.4, -0.2) is 16.3 Å². The van der Waals surface area contributed by atoms with Crippen molar-refractivity contribution in [3.63, 3.8) is 0 Å². The van der Waals surface area contributed by atoms with Crippen LogP contribution in [0.5, 0.6) is 0 Å². The molecular weight excluding hydrogens is 234 g/mol. The molecule has 0 fully saturated rings. The van der Waals surface area contributed by atoms with Crippen molar-refractivity contribution in [2.45, 2.75) is 39.7 Å². The number of nitrogens with two attached hydrogens (primary N) is 1. The second kappa shape index (κ2) is 6.02. The predicted molar refractivity (Wildman–Crippen MR) is 79.3 cm³/mol. The van der Waals surface area contributed by atoms with Gasteiger partial charge in [-0.15, -0.1) is 0 Å². The van der Waals surface area contributed by atoms with Gasteiger partial charge in [-0.3, -0.25) is 4.68 Å². The first kappa shape index (κ1) is 13.8.